The largest absolute Gasteiger partial charge is 0.330 e. The second kappa shape index (κ2) is 5.02. The number of hydrogen-bond acceptors (Lipinski definition) is 4. The Kier molecular flexibility index (Phi) is 3.20. The first-order chi connectivity index (χ1) is 9.70. The Morgan fingerprint density at radius 2 is 1.95 bits per heavy atom. The maximum absolute atomic E-state index is 5.69. The highest BCUT2D eigenvalue weighted by molar-refractivity contribution is 5.63. The van der Waals surface area contributed by atoms with Gasteiger partial charge in [-0.05, 0) is 38.4 Å². The molecule has 0 bridgehead atoms. The summed E-state index contributed by atoms with van der Waals surface area (Å²) in [6, 6.07) is 10.2. The Hall–Kier alpha value is -2.27. The minimum Gasteiger partial charge on any atom is -0.330 e. The van der Waals surface area contributed by atoms with E-state index in [2.05, 4.69) is 27.3 Å². The van der Waals surface area contributed by atoms with Crippen LogP contribution in [0.2, 0.25) is 0 Å². The van der Waals surface area contributed by atoms with Crippen LogP contribution in [-0.4, -0.2) is 26.1 Å². The van der Waals surface area contributed by atoms with Gasteiger partial charge in [0.1, 0.15) is 0 Å². The van der Waals surface area contributed by atoms with E-state index in [4.69, 9.17) is 5.73 Å². The van der Waals surface area contributed by atoms with Gasteiger partial charge in [-0.2, -0.15) is 0 Å². The summed E-state index contributed by atoms with van der Waals surface area (Å²) in [5.74, 6) is 1.47. The molecule has 3 rings (SSSR count). The molecular formula is C15H17N5. The zero-order valence-electron chi connectivity index (χ0n) is 11.7. The van der Waals surface area contributed by atoms with Gasteiger partial charge in [0.25, 0.3) is 5.78 Å². The van der Waals surface area contributed by atoms with Crippen molar-refractivity contribution in [2.24, 2.45) is 5.73 Å². The van der Waals surface area contributed by atoms with Crippen molar-refractivity contribution in [3.05, 3.63) is 47.3 Å². The van der Waals surface area contributed by atoms with E-state index < -0.39 is 0 Å². The van der Waals surface area contributed by atoms with E-state index in [1.807, 2.05) is 36.4 Å². The molecule has 0 fully saturated rings. The van der Waals surface area contributed by atoms with Gasteiger partial charge in [0.15, 0.2) is 5.82 Å². The third-order valence-corrected chi connectivity index (χ3v) is 3.36. The zero-order valence-corrected chi connectivity index (χ0v) is 11.7. The standard InChI is InChI=1S/C15H17N5/c1-10-9-11(2)20-14(18-19-15(20)17-10)13-6-4-3-5-12(13)7-8-16/h3-6,9H,7-8,16H2,1-2H3. The van der Waals surface area contributed by atoms with Crippen LogP contribution in [0.1, 0.15) is 17.0 Å². The SMILES string of the molecule is Cc1cc(C)n2c(-c3ccccc3CCN)nnc2n1. The normalized spacial score (nSPS) is 11.2. The van der Waals surface area contributed by atoms with Gasteiger partial charge in [-0.1, -0.05) is 24.3 Å². The van der Waals surface area contributed by atoms with Crippen LogP contribution in [0.5, 0.6) is 0 Å². The molecule has 0 unspecified atom stereocenters. The lowest BCUT2D eigenvalue weighted by Crippen LogP contribution is -2.05. The van der Waals surface area contributed by atoms with Gasteiger partial charge in [-0.25, -0.2) is 4.98 Å². The fraction of sp³-hybridized carbons (Fsp3) is 0.267. The van der Waals surface area contributed by atoms with Gasteiger partial charge >= 0.3 is 0 Å². The summed E-state index contributed by atoms with van der Waals surface area (Å²) in [5, 5.41) is 8.51. The van der Waals surface area contributed by atoms with Crippen LogP contribution in [-0.2, 0) is 6.42 Å². The minimum absolute atomic E-state index is 0.615. The summed E-state index contributed by atoms with van der Waals surface area (Å²) >= 11 is 0. The monoisotopic (exact) mass is 267 g/mol. The molecule has 0 saturated carbocycles. The molecule has 2 N–H and O–H groups in total. The average molecular weight is 267 g/mol. The van der Waals surface area contributed by atoms with Crippen molar-refractivity contribution >= 4 is 5.78 Å². The first-order valence-corrected chi connectivity index (χ1v) is 6.68. The third-order valence-electron chi connectivity index (χ3n) is 3.36. The van der Waals surface area contributed by atoms with Crippen molar-refractivity contribution in [2.75, 3.05) is 6.54 Å². The molecule has 1 aromatic carbocycles. The van der Waals surface area contributed by atoms with Crippen molar-refractivity contribution < 1.29 is 0 Å². The highest BCUT2D eigenvalue weighted by Crippen LogP contribution is 2.23. The first kappa shape index (κ1) is 12.7. The molecule has 0 amide bonds. The second-order valence-corrected chi connectivity index (χ2v) is 4.89. The number of nitrogens with two attached hydrogens (primary N) is 1. The van der Waals surface area contributed by atoms with Crippen molar-refractivity contribution in [3.63, 3.8) is 0 Å². The number of hydrogen-bond donors (Lipinski definition) is 1. The van der Waals surface area contributed by atoms with Gasteiger partial charge in [-0.3, -0.25) is 4.40 Å². The number of aryl methyl sites for hydroxylation is 2. The Morgan fingerprint density at radius 1 is 1.15 bits per heavy atom. The molecule has 2 aromatic heterocycles. The Bertz CT molecular complexity index is 760. The fourth-order valence-corrected chi connectivity index (χ4v) is 2.52. The van der Waals surface area contributed by atoms with Crippen molar-refractivity contribution in [2.45, 2.75) is 20.3 Å². The molecule has 102 valence electrons. The van der Waals surface area contributed by atoms with Crippen molar-refractivity contribution in [1.82, 2.24) is 19.6 Å². The number of nitrogens with zero attached hydrogens (tertiary/aromatic N) is 4. The number of aromatic nitrogens is 4. The van der Waals surface area contributed by atoms with Crippen LogP contribution < -0.4 is 5.73 Å². The molecule has 0 spiro atoms. The quantitative estimate of drug-likeness (QED) is 0.787. The van der Waals surface area contributed by atoms with Crippen molar-refractivity contribution in [3.8, 4) is 11.4 Å². The van der Waals surface area contributed by atoms with E-state index in [1.165, 1.54) is 5.56 Å². The fourth-order valence-electron chi connectivity index (χ4n) is 2.52. The van der Waals surface area contributed by atoms with E-state index in [0.29, 0.717) is 12.3 Å². The van der Waals surface area contributed by atoms with Gasteiger partial charge < -0.3 is 5.73 Å². The molecule has 5 heteroatoms. The maximum Gasteiger partial charge on any atom is 0.255 e. The van der Waals surface area contributed by atoms with Crippen LogP contribution in [0.4, 0.5) is 0 Å². The zero-order chi connectivity index (χ0) is 14.1. The maximum atomic E-state index is 5.69. The summed E-state index contributed by atoms with van der Waals surface area (Å²) in [4.78, 5) is 4.42. The number of benzene rings is 1. The molecule has 0 aliphatic carbocycles. The lowest BCUT2D eigenvalue weighted by atomic mass is 10.0. The van der Waals surface area contributed by atoms with Crippen LogP contribution >= 0.6 is 0 Å². The predicted octanol–water partition coefficient (Wildman–Crippen LogP) is 1.91. The highest BCUT2D eigenvalue weighted by Gasteiger charge is 2.14. The average Bonchev–Trinajstić information content (AvgIpc) is 2.83. The lowest BCUT2D eigenvalue weighted by molar-refractivity contribution is 0.961. The molecule has 0 saturated heterocycles. The molecule has 0 atom stereocenters. The van der Waals surface area contributed by atoms with Crippen LogP contribution in [0.25, 0.3) is 17.2 Å². The number of fused-ring (bicyclic) bond motifs is 1. The summed E-state index contributed by atoms with van der Waals surface area (Å²) in [5.41, 5.74) is 9.97. The van der Waals surface area contributed by atoms with E-state index in [9.17, 15) is 0 Å². The van der Waals surface area contributed by atoms with Crippen LogP contribution in [0, 0.1) is 13.8 Å². The molecule has 0 aliphatic rings. The molecule has 0 aliphatic heterocycles. The highest BCUT2D eigenvalue weighted by atomic mass is 15.3. The lowest BCUT2D eigenvalue weighted by Gasteiger charge is -2.08. The Balaban J connectivity index is 2.25. The van der Waals surface area contributed by atoms with Gasteiger partial charge in [0.05, 0.1) is 0 Å². The minimum atomic E-state index is 0.615. The summed E-state index contributed by atoms with van der Waals surface area (Å²) in [6.45, 7) is 4.62. The first-order valence-electron chi connectivity index (χ1n) is 6.68. The Labute approximate surface area is 117 Å². The summed E-state index contributed by atoms with van der Waals surface area (Å²) < 4.78 is 1.99. The molecule has 20 heavy (non-hydrogen) atoms. The molecular weight excluding hydrogens is 250 g/mol. The predicted molar refractivity (Wildman–Crippen MR) is 78.5 cm³/mol. The van der Waals surface area contributed by atoms with E-state index in [1.54, 1.807) is 0 Å². The van der Waals surface area contributed by atoms with Gasteiger partial charge in [0, 0.05) is 17.0 Å². The molecule has 0 radical (unpaired) electrons. The summed E-state index contributed by atoms with van der Waals surface area (Å²) in [7, 11) is 0. The van der Waals surface area contributed by atoms with E-state index >= 15 is 0 Å². The van der Waals surface area contributed by atoms with Gasteiger partial charge in [0.2, 0.25) is 0 Å². The Morgan fingerprint density at radius 3 is 2.75 bits per heavy atom. The summed E-state index contributed by atoms with van der Waals surface area (Å²) in [6.07, 6.45) is 0.823. The third kappa shape index (κ3) is 2.06. The molecule has 3 aromatic rings. The van der Waals surface area contributed by atoms with E-state index in [-0.39, 0.29) is 0 Å². The van der Waals surface area contributed by atoms with Crippen LogP contribution in [0.15, 0.2) is 30.3 Å². The number of rotatable bonds is 3. The van der Waals surface area contributed by atoms with Gasteiger partial charge in [-0.15, -0.1) is 10.2 Å². The van der Waals surface area contributed by atoms with Crippen molar-refractivity contribution in [1.29, 1.82) is 0 Å². The molecule has 5 nitrogen and oxygen atoms in total. The second-order valence-electron chi connectivity index (χ2n) is 4.89. The van der Waals surface area contributed by atoms with E-state index in [0.717, 1.165) is 29.2 Å². The smallest absolute Gasteiger partial charge is 0.255 e. The topological polar surface area (TPSA) is 69.1 Å². The van der Waals surface area contributed by atoms with Crippen LogP contribution in [0.3, 0.4) is 0 Å². The molecule has 2 heterocycles.